The van der Waals surface area contributed by atoms with Crippen LogP contribution in [0.3, 0.4) is 0 Å². The van der Waals surface area contributed by atoms with Gasteiger partial charge in [0.2, 0.25) is 29.5 Å². The Morgan fingerprint density at radius 3 is 1.54 bits per heavy atom. The van der Waals surface area contributed by atoms with Crippen molar-refractivity contribution in [2.75, 3.05) is 13.2 Å². The number of benzene rings is 3. The zero-order chi connectivity index (χ0) is 51.4. The fraction of sp³-hybridized carbons (Fsp3) is 0.510. The molecule has 3 aliphatic carbocycles. The second-order valence-corrected chi connectivity index (χ2v) is 18.4. The molecule has 1 aliphatic heterocycles. The third-order valence-electron chi connectivity index (χ3n) is 12.2. The van der Waals surface area contributed by atoms with Crippen LogP contribution >= 0.6 is 0 Å². The number of hydrazine groups is 2. The Kier molecular flexibility index (Phi) is 26.6. The van der Waals surface area contributed by atoms with Crippen LogP contribution in [0.2, 0.25) is 20.5 Å². The van der Waals surface area contributed by atoms with Crippen molar-refractivity contribution >= 4 is 44.8 Å². The average molecular weight is 982 g/mol. The lowest BCUT2D eigenvalue weighted by atomic mass is 9.87. The topological polar surface area (TPSA) is 296 Å². The first-order valence-electron chi connectivity index (χ1n) is 24.8. The second-order valence-electron chi connectivity index (χ2n) is 18.4. The van der Waals surface area contributed by atoms with Crippen LogP contribution in [0, 0.1) is 11.8 Å². The maximum atomic E-state index is 12.0. The second kappa shape index (κ2) is 32.5. The number of nitrogens with two attached hydrogens (primary N) is 1. The number of aromatic nitrogens is 2. The van der Waals surface area contributed by atoms with E-state index >= 15 is 0 Å². The maximum Gasteiger partial charge on any atom is 0.373 e. The van der Waals surface area contributed by atoms with E-state index < -0.39 is 27.1 Å². The summed E-state index contributed by atoms with van der Waals surface area (Å²) in [4.78, 5) is 45.1. The van der Waals surface area contributed by atoms with Crippen molar-refractivity contribution < 1.29 is 48.5 Å². The van der Waals surface area contributed by atoms with E-state index in [1.165, 1.54) is 18.4 Å². The minimum Gasteiger partial charge on any atom is -0.481 e. The lowest BCUT2D eigenvalue weighted by molar-refractivity contribution is -0.141. The molecule has 4 aromatic rings. The Labute approximate surface area is 419 Å². The summed E-state index contributed by atoms with van der Waals surface area (Å²) in [6, 6.07) is 29.6. The van der Waals surface area contributed by atoms with Crippen LogP contribution in [0.4, 0.5) is 0 Å². The third-order valence-corrected chi connectivity index (χ3v) is 12.2. The van der Waals surface area contributed by atoms with Crippen molar-refractivity contribution in [2.45, 2.75) is 134 Å². The van der Waals surface area contributed by atoms with E-state index in [1.54, 1.807) is 20.5 Å². The highest BCUT2D eigenvalue weighted by Crippen LogP contribution is 2.34. The molecule has 0 bridgehead atoms. The molecule has 2 heterocycles. The molecule has 19 nitrogen and oxygen atoms in total. The van der Waals surface area contributed by atoms with Crippen LogP contribution in [-0.2, 0) is 43.2 Å². The van der Waals surface area contributed by atoms with Crippen molar-refractivity contribution in [1.82, 2.24) is 42.2 Å². The fourth-order valence-corrected chi connectivity index (χ4v) is 8.78. The molecule has 4 aliphatic rings. The Bertz CT molecular complexity index is 2120. The highest BCUT2D eigenvalue weighted by atomic mass is 16.5. The van der Waals surface area contributed by atoms with Gasteiger partial charge in [-0.05, 0) is 126 Å². The van der Waals surface area contributed by atoms with Crippen LogP contribution in [0.25, 0.3) is 0 Å². The smallest absolute Gasteiger partial charge is 0.373 e. The van der Waals surface area contributed by atoms with Crippen molar-refractivity contribution in [3.8, 4) is 0 Å². The van der Waals surface area contributed by atoms with Gasteiger partial charge in [0.05, 0.1) is 25.2 Å². The molecule has 384 valence electrons. The molecular formula is C49H74B3N9O10. The SMILES string of the molecule is C1CCOC1.CB(O)NC1CCC(C(=O)NNC(=O)Cc2ccccc2)C1.CB(O)NC1CCC(C(=O)O)C1.CB(O)NC1CCC(c2nnc(Cc3ccccc3)o2)C1.NNC(=O)Cc1ccccc1. The zero-order valence-electron chi connectivity index (χ0n) is 41.4. The summed E-state index contributed by atoms with van der Waals surface area (Å²) in [6.07, 6.45) is 11.3. The minimum absolute atomic E-state index is 0.131. The number of rotatable bonds is 15. The first kappa shape index (κ1) is 58.1. The monoisotopic (exact) mass is 982 g/mol. The van der Waals surface area contributed by atoms with Gasteiger partial charge in [0.25, 0.3) is 0 Å². The van der Waals surface area contributed by atoms with E-state index in [1.807, 2.05) is 78.9 Å². The quantitative estimate of drug-likeness (QED) is 0.0353. The van der Waals surface area contributed by atoms with Gasteiger partial charge in [0.15, 0.2) is 0 Å². The number of carbonyl (C=O) groups is 4. The molecule has 3 aromatic carbocycles. The molecule has 22 heteroatoms. The average Bonchev–Trinajstić information content (AvgIpc) is 4.22. The van der Waals surface area contributed by atoms with Crippen molar-refractivity contribution in [1.29, 1.82) is 0 Å². The summed E-state index contributed by atoms with van der Waals surface area (Å²) in [5, 5.41) is 53.8. The van der Waals surface area contributed by atoms with E-state index in [0.717, 1.165) is 75.2 Å². The molecule has 4 fully saturated rings. The van der Waals surface area contributed by atoms with Gasteiger partial charge in [0.1, 0.15) is 0 Å². The maximum absolute atomic E-state index is 12.0. The summed E-state index contributed by atoms with van der Waals surface area (Å²) in [7, 11) is -1.58. The van der Waals surface area contributed by atoms with E-state index in [2.05, 4.69) is 54.3 Å². The van der Waals surface area contributed by atoms with Crippen LogP contribution in [0.5, 0.6) is 0 Å². The number of carbonyl (C=O) groups excluding carboxylic acids is 3. The molecule has 6 atom stereocenters. The molecule has 1 aromatic heterocycles. The molecule has 8 rings (SSSR count). The number of nitrogens with zero attached hydrogens (tertiary/aromatic N) is 2. The Balaban J connectivity index is 0.000000206. The highest BCUT2D eigenvalue weighted by Gasteiger charge is 2.33. The predicted octanol–water partition coefficient (Wildman–Crippen LogP) is 3.20. The molecular weight excluding hydrogens is 907 g/mol. The first-order valence-corrected chi connectivity index (χ1v) is 24.8. The van der Waals surface area contributed by atoms with Gasteiger partial charge in [-0.25, -0.2) is 5.84 Å². The van der Waals surface area contributed by atoms with Crippen LogP contribution < -0.4 is 37.8 Å². The number of hydrogen-bond donors (Lipinski definition) is 11. The number of aliphatic carboxylic acids is 1. The van der Waals surface area contributed by atoms with Crippen LogP contribution in [-0.4, -0.2) is 107 Å². The van der Waals surface area contributed by atoms with Gasteiger partial charge < -0.3 is 45.0 Å². The number of ether oxygens (including phenoxy) is 1. The van der Waals surface area contributed by atoms with E-state index in [0.29, 0.717) is 43.5 Å². The molecule has 1 saturated heterocycles. The standard InChI is InChI=1S/C15H22BN3O3.C15H20BN3O2.C8H10N2O.C7H14BNO3.C4H8O/c1-16(22)17-13-8-7-12(10-13)15(21)19-18-14(20)9-11-5-3-2-4-6-11;1-16(20)17-13-8-7-12(10-13)15-19-18-14(21-15)9-11-5-3-2-4-6-11;9-10-8(11)6-7-4-2-1-3-5-7;1-8(12)9-6-3-2-5(4-6)7(10)11;1-2-4-5-3-1/h2-6,12-13,17,22H,7-10H2,1H3,(H,18,20)(H,19,21);2-6,12-13,17,20H,7-10H2,1H3;1-5H,6,9H2,(H,10,11);5-6,9,12H,2-4H2,1H3,(H,10,11);1-4H2. The van der Waals surface area contributed by atoms with Gasteiger partial charge >= 0.3 is 27.1 Å². The van der Waals surface area contributed by atoms with Gasteiger partial charge in [-0.3, -0.25) is 35.5 Å². The molecule has 0 spiro atoms. The van der Waals surface area contributed by atoms with Gasteiger partial charge in [-0.2, -0.15) is 0 Å². The van der Waals surface area contributed by atoms with Gasteiger partial charge in [0, 0.05) is 25.0 Å². The first-order chi connectivity index (χ1) is 34.2. The molecule has 3 saturated carbocycles. The molecule has 71 heavy (non-hydrogen) atoms. The summed E-state index contributed by atoms with van der Waals surface area (Å²) in [6.45, 7) is 7.06. The van der Waals surface area contributed by atoms with E-state index in [4.69, 9.17) is 25.1 Å². The third kappa shape index (κ3) is 24.0. The van der Waals surface area contributed by atoms with Crippen molar-refractivity contribution in [3.05, 3.63) is 119 Å². The van der Waals surface area contributed by atoms with E-state index in [-0.39, 0.29) is 48.1 Å². The zero-order valence-corrected chi connectivity index (χ0v) is 41.4. The Morgan fingerprint density at radius 2 is 1.07 bits per heavy atom. The molecule has 12 N–H and O–H groups in total. The number of nitrogens with one attached hydrogen (secondary N) is 6. The van der Waals surface area contributed by atoms with Crippen molar-refractivity contribution in [3.63, 3.8) is 0 Å². The Hall–Kier alpha value is -5.45. The van der Waals surface area contributed by atoms with Crippen molar-refractivity contribution in [2.24, 2.45) is 17.7 Å². The summed E-state index contributed by atoms with van der Waals surface area (Å²) < 4.78 is 10.8. The lowest BCUT2D eigenvalue weighted by Gasteiger charge is -2.14. The number of carboxylic acid groups (broad SMARTS) is 1. The van der Waals surface area contributed by atoms with Crippen LogP contribution in [0.15, 0.2) is 95.4 Å². The van der Waals surface area contributed by atoms with Gasteiger partial charge in [-0.1, -0.05) is 91.0 Å². The number of hydrogen-bond acceptors (Lipinski definition) is 15. The largest absolute Gasteiger partial charge is 0.481 e. The fourth-order valence-electron chi connectivity index (χ4n) is 8.78. The highest BCUT2D eigenvalue weighted by molar-refractivity contribution is 6.46. The Morgan fingerprint density at radius 1 is 0.606 bits per heavy atom. The van der Waals surface area contributed by atoms with Gasteiger partial charge in [-0.15, -0.1) is 10.2 Å². The number of amides is 3. The lowest BCUT2D eigenvalue weighted by Crippen LogP contribution is -2.45. The summed E-state index contributed by atoms with van der Waals surface area (Å²) in [5.41, 5.74) is 10.1. The summed E-state index contributed by atoms with van der Waals surface area (Å²) >= 11 is 0. The number of carboxylic acids is 1. The molecule has 6 unspecified atom stereocenters. The van der Waals surface area contributed by atoms with E-state index in [9.17, 15) is 29.2 Å². The summed E-state index contributed by atoms with van der Waals surface area (Å²) in [5.74, 6) is 4.98. The predicted molar refractivity (Wildman–Crippen MR) is 274 cm³/mol. The van der Waals surface area contributed by atoms with Crippen LogP contribution in [0.1, 0.15) is 105 Å². The molecule has 3 amide bonds. The molecule has 0 radical (unpaired) electrons. The minimum atomic E-state index is -0.718. The normalized spacial score (nSPS) is 20.7.